The van der Waals surface area contributed by atoms with Crippen LogP contribution in [-0.4, -0.2) is 5.78 Å². The molecule has 0 aromatic heterocycles. The number of halogens is 1. The van der Waals surface area contributed by atoms with Gasteiger partial charge >= 0.3 is 0 Å². The maximum atomic E-state index is 12.1. The molecule has 0 fully saturated rings. The monoisotopic (exact) mass is 338 g/mol. The summed E-state index contributed by atoms with van der Waals surface area (Å²) in [6.45, 7) is 4.28. The van der Waals surface area contributed by atoms with Crippen LogP contribution in [0, 0.1) is 6.92 Å². The van der Waals surface area contributed by atoms with Gasteiger partial charge in [-0.3, -0.25) is 4.79 Å². The molecule has 0 spiro atoms. The quantitative estimate of drug-likeness (QED) is 0.353. The summed E-state index contributed by atoms with van der Waals surface area (Å²) in [7, 11) is 0. The predicted octanol–water partition coefficient (Wildman–Crippen LogP) is 6.47. The van der Waals surface area contributed by atoms with Crippen LogP contribution in [0.1, 0.15) is 80.6 Å². The Morgan fingerprint density at radius 1 is 1.00 bits per heavy atom. The molecule has 0 N–H and O–H groups in total. The Balaban J connectivity index is 2.15. The van der Waals surface area contributed by atoms with Crippen molar-refractivity contribution in [1.29, 1.82) is 0 Å². The first-order valence-electron chi connectivity index (χ1n) is 7.94. The Morgan fingerprint density at radius 2 is 1.60 bits per heavy atom. The first kappa shape index (κ1) is 17.4. The largest absolute Gasteiger partial charge is 0.294 e. The summed E-state index contributed by atoms with van der Waals surface area (Å²) >= 11 is 3.49. The molecular weight excluding hydrogens is 312 g/mol. The van der Waals surface area contributed by atoms with E-state index in [-0.39, 0.29) is 5.78 Å². The number of ketones is 1. The molecule has 0 saturated heterocycles. The van der Waals surface area contributed by atoms with Crippen molar-refractivity contribution < 1.29 is 4.79 Å². The van der Waals surface area contributed by atoms with E-state index in [2.05, 4.69) is 22.9 Å². The Labute approximate surface area is 132 Å². The predicted molar refractivity (Wildman–Crippen MR) is 90.4 cm³/mol. The molecule has 2 heteroatoms. The number of carbonyl (C=O) groups is 1. The van der Waals surface area contributed by atoms with Crippen LogP contribution in [0.15, 0.2) is 22.7 Å². The fraction of sp³-hybridized carbons (Fsp3) is 0.611. The van der Waals surface area contributed by atoms with Gasteiger partial charge in [0.25, 0.3) is 0 Å². The summed E-state index contributed by atoms with van der Waals surface area (Å²) < 4.78 is 1.03. The number of hydrogen-bond donors (Lipinski definition) is 0. The number of Topliss-reactive ketones (excluding diaryl/α,β-unsaturated/α-hetero) is 1. The number of unbranched alkanes of at least 4 members (excludes halogenated alkanes) is 7. The van der Waals surface area contributed by atoms with E-state index in [0.29, 0.717) is 6.42 Å². The SMILES string of the molecule is CCCCCCCCCCC(=O)c1ccc(C)c(Br)c1. The lowest BCUT2D eigenvalue weighted by atomic mass is 10.0. The summed E-state index contributed by atoms with van der Waals surface area (Å²) in [5.41, 5.74) is 2.01. The zero-order chi connectivity index (χ0) is 14.8. The average molecular weight is 339 g/mol. The molecule has 0 aliphatic heterocycles. The number of rotatable bonds is 10. The van der Waals surface area contributed by atoms with Gasteiger partial charge < -0.3 is 0 Å². The molecule has 20 heavy (non-hydrogen) atoms. The normalized spacial score (nSPS) is 10.8. The molecule has 0 saturated carbocycles. The van der Waals surface area contributed by atoms with Gasteiger partial charge in [-0.05, 0) is 25.0 Å². The molecule has 1 nitrogen and oxygen atoms in total. The smallest absolute Gasteiger partial charge is 0.162 e. The van der Waals surface area contributed by atoms with E-state index in [1.807, 2.05) is 25.1 Å². The van der Waals surface area contributed by atoms with Crippen molar-refractivity contribution >= 4 is 21.7 Å². The molecule has 0 unspecified atom stereocenters. The van der Waals surface area contributed by atoms with Crippen LogP contribution in [0.3, 0.4) is 0 Å². The van der Waals surface area contributed by atoms with E-state index < -0.39 is 0 Å². The average Bonchev–Trinajstić information content (AvgIpc) is 2.44. The van der Waals surface area contributed by atoms with Gasteiger partial charge in [0.05, 0.1) is 0 Å². The summed E-state index contributed by atoms with van der Waals surface area (Å²) in [6.07, 6.45) is 10.9. The highest BCUT2D eigenvalue weighted by Crippen LogP contribution is 2.19. The van der Waals surface area contributed by atoms with E-state index in [1.165, 1.54) is 50.5 Å². The third-order valence-electron chi connectivity index (χ3n) is 3.75. The van der Waals surface area contributed by atoms with E-state index in [9.17, 15) is 4.79 Å². The van der Waals surface area contributed by atoms with Crippen molar-refractivity contribution in [3.05, 3.63) is 33.8 Å². The molecule has 0 amide bonds. The molecule has 0 aliphatic carbocycles. The van der Waals surface area contributed by atoms with Crippen molar-refractivity contribution in [2.75, 3.05) is 0 Å². The van der Waals surface area contributed by atoms with E-state index in [1.54, 1.807) is 0 Å². The van der Waals surface area contributed by atoms with Gasteiger partial charge in [-0.2, -0.15) is 0 Å². The standard InChI is InChI=1S/C18H27BrO/c1-3-4-5-6-7-8-9-10-11-18(20)16-13-12-15(2)17(19)14-16/h12-14H,3-11H2,1-2H3. The zero-order valence-electron chi connectivity index (χ0n) is 12.9. The highest BCUT2D eigenvalue weighted by atomic mass is 79.9. The molecule has 0 bridgehead atoms. The lowest BCUT2D eigenvalue weighted by Crippen LogP contribution is -1.99. The molecule has 0 atom stereocenters. The molecule has 1 rings (SSSR count). The van der Waals surface area contributed by atoms with Crippen LogP contribution in [0.2, 0.25) is 0 Å². The van der Waals surface area contributed by atoms with E-state index in [0.717, 1.165) is 16.5 Å². The molecule has 112 valence electrons. The number of hydrogen-bond acceptors (Lipinski definition) is 1. The van der Waals surface area contributed by atoms with Gasteiger partial charge in [0.15, 0.2) is 5.78 Å². The lowest BCUT2D eigenvalue weighted by molar-refractivity contribution is 0.0979. The van der Waals surface area contributed by atoms with Gasteiger partial charge in [0.1, 0.15) is 0 Å². The van der Waals surface area contributed by atoms with Crippen LogP contribution in [0.4, 0.5) is 0 Å². The molecule has 0 aliphatic rings. The molecule has 1 aromatic carbocycles. The van der Waals surface area contributed by atoms with Gasteiger partial charge in [0.2, 0.25) is 0 Å². The second-order valence-corrected chi connectivity index (χ2v) is 6.47. The van der Waals surface area contributed by atoms with Crippen molar-refractivity contribution in [3.8, 4) is 0 Å². The summed E-state index contributed by atoms with van der Waals surface area (Å²) in [5, 5.41) is 0. The van der Waals surface area contributed by atoms with Crippen LogP contribution >= 0.6 is 15.9 Å². The topological polar surface area (TPSA) is 17.1 Å². The van der Waals surface area contributed by atoms with E-state index in [4.69, 9.17) is 0 Å². The third kappa shape index (κ3) is 6.69. The summed E-state index contributed by atoms with van der Waals surface area (Å²) in [5.74, 6) is 0.275. The number of benzene rings is 1. The van der Waals surface area contributed by atoms with Gasteiger partial charge in [-0.25, -0.2) is 0 Å². The Kier molecular flexibility index (Phi) is 8.84. The first-order valence-corrected chi connectivity index (χ1v) is 8.73. The highest BCUT2D eigenvalue weighted by molar-refractivity contribution is 9.10. The van der Waals surface area contributed by atoms with Crippen molar-refractivity contribution in [3.63, 3.8) is 0 Å². The van der Waals surface area contributed by atoms with Crippen LogP contribution < -0.4 is 0 Å². The highest BCUT2D eigenvalue weighted by Gasteiger charge is 2.06. The fourth-order valence-corrected chi connectivity index (χ4v) is 2.71. The number of aryl methyl sites for hydroxylation is 1. The summed E-state index contributed by atoms with van der Waals surface area (Å²) in [4.78, 5) is 12.1. The Hall–Kier alpha value is -0.630. The minimum atomic E-state index is 0.275. The van der Waals surface area contributed by atoms with Crippen LogP contribution in [0.25, 0.3) is 0 Å². The molecular formula is C18H27BrO. The zero-order valence-corrected chi connectivity index (χ0v) is 14.5. The third-order valence-corrected chi connectivity index (χ3v) is 4.61. The Morgan fingerprint density at radius 3 is 2.20 bits per heavy atom. The van der Waals surface area contributed by atoms with Gasteiger partial charge in [0, 0.05) is 16.5 Å². The van der Waals surface area contributed by atoms with Crippen LogP contribution in [-0.2, 0) is 0 Å². The minimum absolute atomic E-state index is 0.275. The maximum Gasteiger partial charge on any atom is 0.162 e. The molecule has 1 aromatic rings. The summed E-state index contributed by atoms with van der Waals surface area (Å²) in [6, 6.07) is 5.89. The maximum absolute atomic E-state index is 12.1. The fourth-order valence-electron chi connectivity index (χ4n) is 2.33. The number of carbonyl (C=O) groups excluding carboxylic acids is 1. The van der Waals surface area contributed by atoms with Gasteiger partial charge in [-0.1, -0.05) is 79.9 Å². The minimum Gasteiger partial charge on any atom is -0.294 e. The van der Waals surface area contributed by atoms with Gasteiger partial charge in [-0.15, -0.1) is 0 Å². The second-order valence-electron chi connectivity index (χ2n) is 5.61. The van der Waals surface area contributed by atoms with Crippen molar-refractivity contribution in [2.24, 2.45) is 0 Å². The van der Waals surface area contributed by atoms with E-state index >= 15 is 0 Å². The molecule has 0 radical (unpaired) electrons. The lowest BCUT2D eigenvalue weighted by Gasteiger charge is -2.04. The van der Waals surface area contributed by atoms with Crippen molar-refractivity contribution in [1.82, 2.24) is 0 Å². The first-order chi connectivity index (χ1) is 9.65. The van der Waals surface area contributed by atoms with Crippen molar-refractivity contribution in [2.45, 2.75) is 71.6 Å². The Bertz CT molecular complexity index is 412. The van der Waals surface area contributed by atoms with Crippen LogP contribution in [0.5, 0.6) is 0 Å². The molecule has 0 heterocycles. The second kappa shape index (κ2) is 10.1.